The lowest BCUT2D eigenvalue weighted by atomic mass is 10.0. The van der Waals surface area contributed by atoms with Gasteiger partial charge in [0.05, 0.1) is 12.2 Å². The number of nitrogens with zero attached hydrogens (tertiary/aromatic N) is 3. The number of likely N-dealkylation sites (tertiary alicyclic amines) is 1. The van der Waals surface area contributed by atoms with E-state index in [-0.39, 0.29) is 17.9 Å². The van der Waals surface area contributed by atoms with Crippen LogP contribution in [-0.2, 0) is 16.1 Å². The average Bonchev–Trinajstić information content (AvgIpc) is 2.52. The SMILES string of the molecule is CC(=O)N1CCCCC1C(=O)NCc1cccc(N(C)C)n1. The van der Waals surface area contributed by atoms with E-state index in [9.17, 15) is 9.59 Å². The van der Waals surface area contributed by atoms with Gasteiger partial charge in [-0.1, -0.05) is 6.07 Å². The Balaban J connectivity index is 1.97. The van der Waals surface area contributed by atoms with Crippen molar-refractivity contribution < 1.29 is 9.59 Å². The summed E-state index contributed by atoms with van der Waals surface area (Å²) in [7, 11) is 3.86. The Morgan fingerprint density at radius 1 is 1.36 bits per heavy atom. The van der Waals surface area contributed by atoms with Crippen LogP contribution in [-0.4, -0.2) is 48.4 Å². The van der Waals surface area contributed by atoms with Crippen molar-refractivity contribution in [2.24, 2.45) is 0 Å². The molecule has 1 aliphatic heterocycles. The van der Waals surface area contributed by atoms with E-state index in [4.69, 9.17) is 0 Å². The number of hydrogen-bond donors (Lipinski definition) is 1. The third-order valence-electron chi connectivity index (χ3n) is 3.90. The maximum Gasteiger partial charge on any atom is 0.243 e. The molecule has 0 spiro atoms. The van der Waals surface area contributed by atoms with Gasteiger partial charge in [0.1, 0.15) is 11.9 Å². The van der Waals surface area contributed by atoms with E-state index in [0.717, 1.165) is 30.8 Å². The number of anilines is 1. The minimum atomic E-state index is -0.344. The fourth-order valence-electron chi connectivity index (χ4n) is 2.69. The van der Waals surface area contributed by atoms with Crippen molar-refractivity contribution in [2.75, 3.05) is 25.5 Å². The van der Waals surface area contributed by atoms with Gasteiger partial charge < -0.3 is 15.1 Å². The minimum Gasteiger partial charge on any atom is -0.363 e. The molecule has 2 heterocycles. The highest BCUT2D eigenvalue weighted by atomic mass is 16.2. The largest absolute Gasteiger partial charge is 0.363 e. The van der Waals surface area contributed by atoms with Gasteiger partial charge in [-0.05, 0) is 31.4 Å². The normalized spacial score (nSPS) is 18.0. The number of pyridine rings is 1. The van der Waals surface area contributed by atoms with Gasteiger partial charge in [0.2, 0.25) is 11.8 Å². The number of hydrogen-bond acceptors (Lipinski definition) is 4. The van der Waals surface area contributed by atoms with Gasteiger partial charge in [-0.15, -0.1) is 0 Å². The molecule has 6 nitrogen and oxygen atoms in total. The second kappa shape index (κ2) is 7.24. The van der Waals surface area contributed by atoms with Gasteiger partial charge in [-0.3, -0.25) is 9.59 Å². The van der Waals surface area contributed by atoms with Crippen LogP contribution in [0.4, 0.5) is 5.82 Å². The van der Waals surface area contributed by atoms with Crippen molar-refractivity contribution >= 4 is 17.6 Å². The molecule has 0 aliphatic carbocycles. The molecule has 2 rings (SSSR count). The number of carbonyl (C=O) groups is 2. The molecule has 1 aromatic rings. The molecular weight excluding hydrogens is 280 g/mol. The number of piperidine rings is 1. The second-order valence-corrected chi connectivity index (χ2v) is 5.82. The van der Waals surface area contributed by atoms with E-state index in [1.165, 1.54) is 6.92 Å². The first-order valence-electron chi connectivity index (χ1n) is 7.67. The number of aromatic nitrogens is 1. The summed E-state index contributed by atoms with van der Waals surface area (Å²) in [5, 5.41) is 2.91. The zero-order valence-corrected chi connectivity index (χ0v) is 13.5. The lowest BCUT2D eigenvalue weighted by Gasteiger charge is -2.33. The van der Waals surface area contributed by atoms with E-state index < -0.39 is 0 Å². The molecule has 22 heavy (non-hydrogen) atoms. The molecule has 2 amide bonds. The molecule has 0 radical (unpaired) electrons. The van der Waals surface area contributed by atoms with E-state index in [2.05, 4.69) is 10.3 Å². The Kier molecular flexibility index (Phi) is 5.35. The van der Waals surface area contributed by atoms with Gasteiger partial charge in [0, 0.05) is 27.6 Å². The third kappa shape index (κ3) is 3.96. The van der Waals surface area contributed by atoms with Crippen molar-refractivity contribution in [3.63, 3.8) is 0 Å². The van der Waals surface area contributed by atoms with Crippen LogP contribution in [0, 0.1) is 0 Å². The van der Waals surface area contributed by atoms with E-state index in [1.54, 1.807) is 4.90 Å². The standard InChI is InChI=1S/C16H24N4O2/c1-12(21)20-10-5-4-8-14(20)16(22)17-11-13-7-6-9-15(18-13)19(2)3/h6-7,9,14H,4-5,8,10-11H2,1-3H3,(H,17,22). The third-order valence-corrected chi connectivity index (χ3v) is 3.90. The van der Waals surface area contributed by atoms with Crippen LogP contribution >= 0.6 is 0 Å². The zero-order chi connectivity index (χ0) is 16.1. The smallest absolute Gasteiger partial charge is 0.243 e. The maximum atomic E-state index is 12.4. The van der Waals surface area contributed by atoms with Crippen LogP contribution in [0.1, 0.15) is 31.9 Å². The highest BCUT2D eigenvalue weighted by molar-refractivity contribution is 5.87. The fourth-order valence-corrected chi connectivity index (χ4v) is 2.69. The average molecular weight is 304 g/mol. The highest BCUT2D eigenvalue weighted by Gasteiger charge is 2.30. The van der Waals surface area contributed by atoms with Gasteiger partial charge >= 0.3 is 0 Å². The predicted molar refractivity (Wildman–Crippen MR) is 85.4 cm³/mol. The summed E-state index contributed by atoms with van der Waals surface area (Å²) in [4.78, 5) is 32.1. The van der Waals surface area contributed by atoms with Gasteiger partial charge in [0.15, 0.2) is 0 Å². The molecule has 1 aromatic heterocycles. The number of carbonyl (C=O) groups excluding carboxylic acids is 2. The maximum absolute atomic E-state index is 12.4. The zero-order valence-electron chi connectivity index (χ0n) is 13.5. The van der Waals surface area contributed by atoms with Crippen molar-refractivity contribution in [2.45, 2.75) is 38.8 Å². The fraction of sp³-hybridized carbons (Fsp3) is 0.562. The first-order chi connectivity index (χ1) is 10.5. The molecule has 1 fully saturated rings. The van der Waals surface area contributed by atoms with E-state index >= 15 is 0 Å². The summed E-state index contributed by atoms with van der Waals surface area (Å²) in [6, 6.07) is 5.39. The predicted octanol–water partition coefficient (Wildman–Crippen LogP) is 1.16. The Bertz CT molecular complexity index is 545. The van der Waals surface area contributed by atoms with Crippen LogP contribution in [0.15, 0.2) is 18.2 Å². The van der Waals surface area contributed by atoms with Gasteiger partial charge in [0.25, 0.3) is 0 Å². The Morgan fingerprint density at radius 2 is 2.14 bits per heavy atom. The Labute approximate surface area is 131 Å². The lowest BCUT2D eigenvalue weighted by molar-refractivity contribution is -0.140. The summed E-state index contributed by atoms with van der Waals surface area (Å²) in [6.45, 7) is 2.57. The summed E-state index contributed by atoms with van der Waals surface area (Å²) in [5.74, 6) is 0.731. The quantitative estimate of drug-likeness (QED) is 0.907. The summed E-state index contributed by atoms with van der Waals surface area (Å²) < 4.78 is 0. The van der Waals surface area contributed by atoms with Gasteiger partial charge in [-0.25, -0.2) is 4.98 Å². The van der Waals surface area contributed by atoms with Gasteiger partial charge in [-0.2, -0.15) is 0 Å². The lowest BCUT2D eigenvalue weighted by Crippen LogP contribution is -2.51. The molecule has 0 saturated carbocycles. The second-order valence-electron chi connectivity index (χ2n) is 5.82. The number of rotatable bonds is 4. The van der Waals surface area contributed by atoms with Crippen molar-refractivity contribution in [1.82, 2.24) is 15.2 Å². The van der Waals surface area contributed by atoms with E-state index in [1.807, 2.05) is 37.2 Å². The molecule has 0 bridgehead atoms. The first kappa shape index (κ1) is 16.3. The molecule has 1 N–H and O–H groups in total. The monoisotopic (exact) mass is 304 g/mol. The van der Waals surface area contributed by atoms with Crippen LogP contribution in [0.2, 0.25) is 0 Å². The number of nitrogens with one attached hydrogen (secondary N) is 1. The minimum absolute atomic E-state index is 0.0346. The van der Waals surface area contributed by atoms with Crippen LogP contribution < -0.4 is 10.2 Å². The first-order valence-corrected chi connectivity index (χ1v) is 7.67. The Hall–Kier alpha value is -2.11. The number of amides is 2. The molecule has 1 unspecified atom stereocenters. The van der Waals surface area contributed by atoms with Crippen LogP contribution in [0.3, 0.4) is 0 Å². The molecule has 6 heteroatoms. The summed E-state index contributed by atoms with van der Waals surface area (Å²) >= 11 is 0. The van der Waals surface area contributed by atoms with Crippen molar-refractivity contribution in [3.8, 4) is 0 Å². The molecule has 1 aliphatic rings. The topological polar surface area (TPSA) is 65.5 Å². The summed E-state index contributed by atoms with van der Waals surface area (Å²) in [5.41, 5.74) is 0.810. The highest BCUT2D eigenvalue weighted by Crippen LogP contribution is 2.17. The van der Waals surface area contributed by atoms with Crippen LogP contribution in [0.25, 0.3) is 0 Å². The summed E-state index contributed by atoms with van der Waals surface area (Å²) in [6.07, 6.45) is 2.68. The van der Waals surface area contributed by atoms with Crippen LogP contribution in [0.5, 0.6) is 0 Å². The van der Waals surface area contributed by atoms with Crippen molar-refractivity contribution in [3.05, 3.63) is 23.9 Å². The molecule has 0 aromatic carbocycles. The molecule has 120 valence electrons. The Morgan fingerprint density at radius 3 is 2.82 bits per heavy atom. The van der Waals surface area contributed by atoms with Crippen molar-refractivity contribution in [1.29, 1.82) is 0 Å². The molecular formula is C16H24N4O2. The molecule has 1 atom stereocenters. The van der Waals surface area contributed by atoms with E-state index in [0.29, 0.717) is 13.1 Å². The molecule has 1 saturated heterocycles.